The van der Waals surface area contributed by atoms with Crippen LogP contribution in [0.3, 0.4) is 0 Å². The van der Waals surface area contributed by atoms with E-state index in [2.05, 4.69) is 41.8 Å². The molecule has 0 spiro atoms. The van der Waals surface area contributed by atoms with E-state index in [1.165, 1.54) is 32.4 Å². The van der Waals surface area contributed by atoms with Crippen LogP contribution in [0.15, 0.2) is 4.52 Å². The van der Waals surface area contributed by atoms with Gasteiger partial charge in [-0.05, 0) is 43.9 Å². The lowest BCUT2D eigenvalue weighted by atomic mass is 9.97. The van der Waals surface area contributed by atoms with E-state index in [-0.39, 0.29) is 0 Å². The number of nitrogens with zero attached hydrogens (tertiary/aromatic N) is 7. The van der Waals surface area contributed by atoms with Crippen LogP contribution in [0.1, 0.15) is 62.5 Å². The van der Waals surface area contributed by atoms with Crippen LogP contribution in [0.4, 0.5) is 5.95 Å². The van der Waals surface area contributed by atoms with Crippen molar-refractivity contribution in [2.24, 2.45) is 7.05 Å². The van der Waals surface area contributed by atoms with E-state index in [4.69, 9.17) is 4.52 Å². The lowest BCUT2D eigenvalue weighted by molar-refractivity contribution is 0.213. The standard InChI is InChI=1S/C18H29N7O/c1-3-16-19-18(22-26-16)25-11-7-8-14(12-25)17-21-20-15(23(17)2)13-24-9-5-4-6-10-24/h14H,3-13H2,1-2H3/t14-/m0/s1. The summed E-state index contributed by atoms with van der Waals surface area (Å²) in [6.45, 7) is 7.13. The normalized spacial score (nSPS) is 22.1. The second-order valence-electron chi connectivity index (χ2n) is 7.50. The average Bonchev–Trinajstić information content (AvgIpc) is 3.30. The summed E-state index contributed by atoms with van der Waals surface area (Å²) in [5.41, 5.74) is 0. The number of hydrogen-bond donors (Lipinski definition) is 0. The number of aryl methyl sites for hydroxylation is 1. The first-order valence-corrected chi connectivity index (χ1v) is 9.92. The first-order chi connectivity index (χ1) is 12.7. The van der Waals surface area contributed by atoms with Crippen LogP contribution in [0.2, 0.25) is 0 Å². The van der Waals surface area contributed by atoms with E-state index in [0.29, 0.717) is 17.8 Å². The summed E-state index contributed by atoms with van der Waals surface area (Å²) in [7, 11) is 2.11. The molecule has 4 rings (SSSR count). The quantitative estimate of drug-likeness (QED) is 0.809. The number of likely N-dealkylation sites (tertiary alicyclic amines) is 1. The molecule has 0 bridgehead atoms. The maximum atomic E-state index is 5.28. The summed E-state index contributed by atoms with van der Waals surface area (Å²) in [6.07, 6.45) is 6.96. The molecule has 4 heterocycles. The third kappa shape index (κ3) is 3.60. The molecule has 0 unspecified atom stereocenters. The Kier molecular flexibility index (Phi) is 5.19. The van der Waals surface area contributed by atoms with Crippen molar-refractivity contribution in [2.75, 3.05) is 31.1 Å². The van der Waals surface area contributed by atoms with Crippen LogP contribution >= 0.6 is 0 Å². The summed E-state index contributed by atoms with van der Waals surface area (Å²) >= 11 is 0. The van der Waals surface area contributed by atoms with Crippen molar-refractivity contribution in [1.82, 2.24) is 29.8 Å². The minimum absolute atomic E-state index is 0.361. The van der Waals surface area contributed by atoms with Crippen LogP contribution < -0.4 is 4.90 Å². The van der Waals surface area contributed by atoms with Gasteiger partial charge in [-0.2, -0.15) is 4.98 Å². The molecule has 8 heteroatoms. The molecule has 8 nitrogen and oxygen atoms in total. The highest BCUT2D eigenvalue weighted by Crippen LogP contribution is 2.28. The van der Waals surface area contributed by atoms with E-state index in [9.17, 15) is 0 Å². The molecule has 0 saturated carbocycles. The first kappa shape index (κ1) is 17.5. The van der Waals surface area contributed by atoms with Crippen LogP contribution in [0.25, 0.3) is 0 Å². The Morgan fingerprint density at radius 1 is 1.08 bits per heavy atom. The van der Waals surface area contributed by atoms with E-state index in [0.717, 1.165) is 50.5 Å². The smallest absolute Gasteiger partial charge is 0.266 e. The fraction of sp³-hybridized carbons (Fsp3) is 0.778. The summed E-state index contributed by atoms with van der Waals surface area (Å²) < 4.78 is 7.48. The molecule has 2 aromatic rings. The van der Waals surface area contributed by atoms with Crippen molar-refractivity contribution in [3.05, 3.63) is 17.5 Å². The molecule has 2 saturated heterocycles. The largest absolute Gasteiger partial charge is 0.337 e. The zero-order chi connectivity index (χ0) is 17.9. The molecule has 142 valence electrons. The van der Waals surface area contributed by atoms with Gasteiger partial charge in [0, 0.05) is 32.5 Å². The Morgan fingerprint density at radius 2 is 1.92 bits per heavy atom. The van der Waals surface area contributed by atoms with Crippen LogP contribution in [-0.2, 0) is 20.0 Å². The van der Waals surface area contributed by atoms with Gasteiger partial charge in [-0.25, -0.2) is 0 Å². The Morgan fingerprint density at radius 3 is 2.69 bits per heavy atom. The van der Waals surface area contributed by atoms with Crippen molar-refractivity contribution in [3.63, 3.8) is 0 Å². The Balaban J connectivity index is 1.44. The third-order valence-corrected chi connectivity index (χ3v) is 5.64. The second kappa shape index (κ2) is 7.73. The van der Waals surface area contributed by atoms with Gasteiger partial charge in [0.25, 0.3) is 5.95 Å². The molecule has 0 aliphatic carbocycles. The zero-order valence-electron chi connectivity index (χ0n) is 15.9. The van der Waals surface area contributed by atoms with Gasteiger partial charge in [-0.3, -0.25) is 4.90 Å². The highest BCUT2D eigenvalue weighted by Gasteiger charge is 2.28. The molecule has 0 N–H and O–H groups in total. The zero-order valence-corrected chi connectivity index (χ0v) is 15.9. The molecule has 0 amide bonds. The van der Waals surface area contributed by atoms with Crippen LogP contribution in [0.5, 0.6) is 0 Å². The predicted molar refractivity (Wildman–Crippen MR) is 98.0 cm³/mol. The molecule has 2 aliphatic rings. The molecule has 1 atom stereocenters. The molecule has 2 fully saturated rings. The van der Waals surface area contributed by atoms with Gasteiger partial charge >= 0.3 is 0 Å². The summed E-state index contributed by atoms with van der Waals surface area (Å²) in [5, 5.41) is 13.2. The molecular weight excluding hydrogens is 330 g/mol. The summed E-state index contributed by atoms with van der Waals surface area (Å²) in [5.74, 6) is 3.93. The number of rotatable bonds is 5. The first-order valence-electron chi connectivity index (χ1n) is 9.92. The number of aromatic nitrogens is 5. The van der Waals surface area contributed by atoms with E-state index < -0.39 is 0 Å². The maximum Gasteiger partial charge on any atom is 0.266 e. The molecule has 26 heavy (non-hydrogen) atoms. The topological polar surface area (TPSA) is 76.1 Å². The highest BCUT2D eigenvalue weighted by molar-refractivity contribution is 5.30. The van der Waals surface area contributed by atoms with E-state index in [1.807, 2.05) is 6.92 Å². The average molecular weight is 359 g/mol. The Hall–Kier alpha value is -1.96. The van der Waals surface area contributed by atoms with Gasteiger partial charge in [0.2, 0.25) is 5.89 Å². The van der Waals surface area contributed by atoms with Gasteiger partial charge in [-0.15, -0.1) is 10.2 Å². The van der Waals surface area contributed by atoms with Crippen molar-refractivity contribution in [1.29, 1.82) is 0 Å². The van der Waals surface area contributed by atoms with Crippen LogP contribution in [-0.4, -0.2) is 56.0 Å². The monoisotopic (exact) mass is 359 g/mol. The fourth-order valence-electron chi connectivity index (χ4n) is 4.07. The van der Waals surface area contributed by atoms with Crippen LogP contribution in [0, 0.1) is 0 Å². The van der Waals surface area contributed by atoms with Crippen molar-refractivity contribution in [3.8, 4) is 0 Å². The molecule has 2 aromatic heterocycles. The maximum absolute atomic E-state index is 5.28. The minimum atomic E-state index is 0.361. The predicted octanol–water partition coefficient (Wildman–Crippen LogP) is 2.13. The number of hydrogen-bond acceptors (Lipinski definition) is 7. The summed E-state index contributed by atoms with van der Waals surface area (Å²) in [6, 6.07) is 0. The second-order valence-corrected chi connectivity index (χ2v) is 7.50. The third-order valence-electron chi connectivity index (χ3n) is 5.64. The molecule has 0 radical (unpaired) electrons. The van der Waals surface area contributed by atoms with E-state index >= 15 is 0 Å². The van der Waals surface area contributed by atoms with Crippen molar-refractivity contribution in [2.45, 2.75) is 57.9 Å². The number of piperidine rings is 2. The molecule has 0 aromatic carbocycles. The Bertz CT molecular complexity index is 719. The van der Waals surface area contributed by atoms with Crippen molar-refractivity contribution < 1.29 is 4.52 Å². The van der Waals surface area contributed by atoms with Gasteiger partial charge < -0.3 is 14.0 Å². The van der Waals surface area contributed by atoms with Gasteiger partial charge in [0.05, 0.1) is 6.54 Å². The Labute approximate surface area is 154 Å². The number of anilines is 1. The molecule has 2 aliphatic heterocycles. The summed E-state index contributed by atoms with van der Waals surface area (Å²) in [4.78, 5) is 9.20. The highest BCUT2D eigenvalue weighted by atomic mass is 16.5. The van der Waals surface area contributed by atoms with Gasteiger partial charge in [-0.1, -0.05) is 13.3 Å². The SMILES string of the molecule is CCc1nc(N2CCC[C@H](c3nnc(CN4CCCCC4)n3C)C2)no1. The molecular formula is C18H29N7O. The van der Waals surface area contributed by atoms with E-state index in [1.54, 1.807) is 0 Å². The van der Waals surface area contributed by atoms with Gasteiger partial charge in [0.15, 0.2) is 0 Å². The fourth-order valence-corrected chi connectivity index (χ4v) is 4.07. The minimum Gasteiger partial charge on any atom is -0.337 e. The van der Waals surface area contributed by atoms with Crippen molar-refractivity contribution >= 4 is 5.95 Å². The lowest BCUT2D eigenvalue weighted by Gasteiger charge is -2.31. The van der Waals surface area contributed by atoms with Gasteiger partial charge in [0.1, 0.15) is 11.6 Å². The lowest BCUT2D eigenvalue weighted by Crippen LogP contribution is -2.36.